The van der Waals surface area contributed by atoms with Crippen LogP contribution >= 0.6 is 0 Å². The quantitative estimate of drug-likeness (QED) is 0.487. The normalized spacial score (nSPS) is 21.6. The summed E-state index contributed by atoms with van der Waals surface area (Å²) in [4.78, 5) is 2.01. The minimum Gasteiger partial charge on any atom is -0.377 e. The third-order valence-electron chi connectivity index (χ3n) is 1.81. The van der Waals surface area contributed by atoms with Crippen LogP contribution < -0.4 is 0 Å². The predicted molar refractivity (Wildman–Crippen MR) is 53.8 cm³/mol. The lowest BCUT2D eigenvalue weighted by Crippen LogP contribution is -2.09. The molecule has 0 atom stereocenters. The van der Waals surface area contributed by atoms with Crippen LogP contribution in [0.4, 0.5) is 0 Å². The third-order valence-corrected chi connectivity index (χ3v) is 1.81. The number of hydrogen-bond acceptors (Lipinski definition) is 2. The minimum atomic E-state index is -0.0765. The molecule has 0 spiro atoms. The maximum Gasteiger partial charge on any atom is 0.0912 e. The van der Waals surface area contributed by atoms with Crippen molar-refractivity contribution in [1.82, 2.24) is 4.90 Å². The monoisotopic (exact) mass is 176 g/mol. The highest BCUT2D eigenvalue weighted by atomic mass is 15.1. The van der Waals surface area contributed by atoms with Crippen LogP contribution in [0.3, 0.4) is 0 Å². The van der Waals surface area contributed by atoms with Gasteiger partial charge in [0.15, 0.2) is 0 Å². The van der Waals surface area contributed by atoms with Crippen molar-refractivity contribution < 1.29 is 2.74 Å². The first-order valence-electron chi connectivity index (χ1n) is 5.41. The lowest BCUT2D eigenvalue weighted by atomic mass is 10.4. The SMILES string of the molecule is [2H]/C(C#N)=C/C=C\C=C(\[2H])N1CCCC1. The number of hydrogen-bond donors (Lipinski definition) is 0. The van der Waals surface area contributed by atoms with Crippen molar-refractivity contribution in [3.63, 3.8) is 0 Å². The smallest absolute Gasteiger partial charge is 0.0912 e. The van der Waals surface area contributed by atoms with Gasteiger partial charge in [0, 0.05) is 19.1 Å². The molecule has 2 nitrogen and oxygen atoms in total. The molecule has 0 N–H and O–H groups in total. The Bertz CT molecular complexity index is 331. The van der Waals surface area contributed by atoms with Gasteiger partial charge in [-0.1, -0.05) is 18.2 Å². The number of rotatable bonds is 3. The molecule has 1 aliphatic rings. The summed E-state index contributed by atoms with van der Waals surface area (Å²) in [7, 11) is 0. The molecule has 0 unspecified atom stereocenters. The van der Waals surface area contributed by atoms with E-state index < -0.39 is 0 Å². The first kappa shape index (κ1) is 6.97. The Hall–Kier alpha value is -1.49. The molecule has 68 valence electrons. The van der Waals surface area contributed by atoms with Gasteiger partial charge in [0.05, 0.1) is 8.81 Å². The van der Waals surface area contributed by atoms with Gasteiger partial charge in [0.2, 0.25) is 0 Å². The van der Waals surface area contributed by atoms with Gasteiger partial charge in [-0.25, -0.2) is 0 Å². The molecule has 1 fully saturated rings. The molecule has 0 aromatic rings. The van der Waals surface area contributed by atoms with E-state index in [1.54, 1.807) is 24.3 Å². The van der Waals surface area contributed by atoms with Gasteiger partial charge < -0.3 is 4.90 Å². The van der Waals surface area contributed by atoms with Gasteiger partial charge >= 0.3 is 0 Å². The number of nitrogens with zero attached hydrogens (tertiary/aromatic N) is 2. The molecule has 1 heterocycles. The van der Waals surface area contributed by atoms with Gasteiger partial charge in [-0.2, -0.15) is 5.26 Å². The number of nitriles is 1. The summed E-state index contributed by atoms with van der Waals surface area (Å²) in [5.74, 6) is 0. The average Bonchev–Trinajstić information content (AvgIpc) is 2.77. The fourth-order valence-corrected chi connectivity index (χ4v) is 1.19. The van der Waals surface area contributed by atoms with E-state index in [0.717, 1.165) is 25.9 Å². The second-order valence-electron chi connectivity index (χ2n) is 2.80. The Balaban J connectivity index is 2.46. The topological polar surface area (TPSA) is 27.0 Å². The lowest BCUT2D eigenvalue weighted by Gasteiger charge is -2.08. The summed E-state index contributed by atoms with van der Waals surface area (Å²) in [6, 6.07) is 1.63. The van der Waals surface area contributed by atoms with E-state index in [1.807, 2.05) is 4.90 Å². The highest BCUT2D eigenvalue weighted by molar-refractivity contribution is 5.15. The second-order valence-corrected chi connectivity index (χ2v) is 2.80. The zero-order valence-corrected chi connectivity index (χ0v) is 7.53. The van der Waals surface area contributed by atoms with Crippen LogP contribution in [0.2, 0.25) is 0 Å². The largest absolute Gasteiger partial charge is 0.377 e. The molecule has 2 heteroatoms. The Morgan fingerprint density at radius 1 is 1.15 bits per heavy atom. The van der Waals surface area contributed by atoms with Gasteiger partial charge in [-0.05, 0) is 25.1 Å². The van der Waals surface area contributed by atoms with Gasteiger partial charge in [-0.3, -0.25) is 0 Å². The Morgan fingerprint density at radius 2 is 1.85 bits per heavy atom. The summed E-state index contributed by atoms with van der Waals surface area (Å²) in [5.41, 5.74) is 0. The molecule has 0 amide bonds. The van der Waals surface area contributed by atoms with Crippen LogP contribution in [-0.2, 0) is 0 Å². The second kappa shape index (κ2) is 6.07. The molecule has 0 bridgehead atoms. The fraction of sp³-hybridized carbons (Fsp3) is 0.364. The molecule has 1 saturated heterocycles. The van der Waals surface area contributed by atoms with E-state index in [0.29, 0.717) is 6.18 Å². The fourth-order valence-electron chi connectivity index (χ4n) is 1.19. The van der Waals surface area contributed by atoms with Crippen molar-refractivity contribution in [2.75, 3.05) is 13.1 Å². The maximum absolute atomic E-state index is 8.32. The van der Waals surface area contributed by atoms with E-state index in [-0.39, 0.29) is 6.05 Å². The van der Waals surface area contributed by atoms with E-state index >= 15 is 0 Å². The zero-order valence-electron chi connectivity index (χ0n) is 9.53. The van der Waals surface area contributed by atoms with Gasteiger partial charge in [0.25, 0.3) is 0 Å². The molecule has 0 radical (unpaired) electrons. The van der Waals surface area contributed by atoms with Crippen LogP contribution in [0.15, 0.2) is 36.5 Å². The van der Waals surface area contributed by atoms with Crippen molar-refractivity contribution >= 4 is 0 Å². The lowest BCUT2D eigenvalue weighted by molar-refractivity contribution is 0.468. The Morgan fingerprint density at radius 3 is 2.54 bits per heavy atom. The predicted octanol–water partition coefficient (Wildman–Crippen LogP) is 2.23. The molecular formula is C11H14N2. The zero-order chi connectivity index (χ0) is 11.1. The van der Waals surface area contributed by atoms with E-state index in [1.165, 1.54) is 6.08 Å². The summed E-state index contributed by atoms with van der Waals surface area (Å²) >= 11 is 0. The first-order chi connectivity index (χ1) is 7.24. The Kier molecular flexibility index (Phi) is 3.25. The minimum absolute atomic E-state index is 0.0765. The summed E-state index contributed by atoms with van der Waals surface area (Å²) in [6.07, 6.45) is 9.21. The average molecular weight is 176 g/mol. The molecule has 13 heavy (non-hydrogen) atoms. The summed E-state index contributed by atoms with van der Waals surface area (Å²) in [5, 5.41) is 8.32. The maximum atomic E-state index is 8.32. The van der Waals surface area contributed by atoms with E-state index in [2.05, 4.69) is 0 Å². The molecule has 0 aromatic heterocycles. The molecule has 1 rings (SSSR count). The van der Waals surface area contributed by atoms with Crippen LogP contribution in [0.1, 0.15) is 15.6 Å². The van der Waals surface area contributed by atoms with Crippen LogP contribution in [-0.4, -0.2) is 18.0 Å². The van der Waals surface area contributed by atoms with Crippen molar-refractivity contribution in [1.29, 1.82) is 5.26 Å². The standard InChI is InChI=1S/C11H14N2/c12-8-4-2-1-3-5-9-13-10-6-7-11-13/h1-5,9H,6-7,10-11H2/b3-1-,4-2-,9-5-/i4D,9D. The molecule has 0 aromatic carbocycles. The van der Waals surface area contributed by atoms with E-state index in [4.69, 9.17) is 8.00 Å². The van der Waals surface area contributed by atoms with Crippen molar-refractivity contribution in [2.45, 2.75) is 12.8 Å². The van der Waals surface area contributed by atoms with E-state index in [9.17, 15) is 0 Å². The molecule has 1 aliphatic heterocycles. The van der Waals surface area contributed by atoms with Crippen molar-refractivity contribution in [3.8, 4) is 6.07 Å². The number of likely N-dealkylation sites (tertiary alicyclic amines) is 1. The van der Waals surface area contributed by atoms with Crippen molar-refractivity contribution in [2.24, 2.45) is 0 Å². The molecule has 0 saturated carbocycles. The van der Waals surface area contributed by atoms with Gasteiger partial charge in [-0.15, -0.1) is 0 Å². The first-order valence-corrected chi connectivity index (χ1v) is 4.41. The Labute approximate surface area is 82.3 Å². The molecular weight excluding hydrogens is 160 g/mol. The summed E-state index contributed by atoms with van der Waals surface area (Å²) in [6.45, 7) is 1.92. The highest BCUT2D eigenvalue weighted by Gasteiger charge is 2.04. The van der Waals surface area contributed by atoms with Crippen molar-refractivity contribution in [3.05, 3.63) is 36.5 Å². The van der Waals surface area contributed by atoms with Gasteiger partial charge in [0.1, 0.15) is 0 Å². The summed E-state index contributed by atoms with van der Waals surface area (Å²) < 4.78 is 14.7. The van der Waals surface area contributed by atoms with Crippen LogP contribution in [0.25, 0.3) is 0 Å². The molecule has 0 aliphatic carbocycles. The highest BCUT2D eigenvalue weighted by Crippen LogP contribution is 2.06. The van der Waals surface area contributed by atoms with Crippen LogP contribution in [0.5, 0.6) is 0 Å². The third kappa shape index (κ3) is 4.17. The number of allylic oxidation sites excluding steroid dienone is 5. The van der Waals surface area contributed by atoms with Crippen LogP contribution in [0, 0.1) is 11.3 Å².